The van der Waals surface area contributed by atoms with Gasteiger partial charge < -0.3 is 10.1 Å². The van der Waals surface area contributed by atoms with Gasteiger partial charge in [-0.1, -0.05) is 30.7 Å². The second kappa shape index (κ2) is 10.4. The molecule has 1 aliphatic rings. The molecule has 1 heterocycles. The van der Waals surface area contributed by atoms with Crippen molar-refractivity contribution in [1.82, 2.24) is 10.2 Å². The minimum atomic E-state index is -0.560. The Morgan fingerprint density at radius 2 is 1.52 bits per heavy atom. The molecule has 2 amide bonds. The van der Waals surface area contributed by atoms with Crippen molar-refractivity contribution in [2.45, 2.75) is 58.7 Å². The van der Waals surface area contributed by atoms with Crippen molar-refractivity contribution in [3.63, 3.8) is 0 Å². The summed E-state index contributed by atoms with van der Waals surface area (Å²) in [5.74, 6) is -0.152. The van der Waals surface area contributed by atoms with Crippen molar-refractivity contribution in [2.24, 2.45) is 0 Å². The second-order valence-electron chi connectivity index (χ2n) is 9.04. The fourth-order valence-corrected chi connectivity index (χ4v) is 3.55. The van der Waals surface area contributed by atoms with Gasteiger partial charge in [0.1, 0.15) is 5.60 Å². The summed E-state index contributed by atoms with van der Waals surface area (Å²) >= 11 is 0. The summed E-state index contributed by atoms with van der Waals surface area (Å²) in [4.78, 5) is 26.8. The third kappa shape index (κ3) is 7.72. The summed E-state index contributed by atoms with van der Waals surface area (Å²) < 4.78 is 5.23. The third-order valence-corrected chi connectivity index (χ3v) is 5.12. The van der Waals surface area contributed by atoms with E-state index in [1.807, 2.05) is 20.8 Å². The Kier molecular flexibility index (Phi) is 7.69. The summed E-state index contributed by atoms with van der Waals surface area (Å²) in [5, 5.41) is 5.61. The number of carbonyl (C=O) groups excluding carboxylic acids is 2. The molecule has 1 aliphatic heterocycles. The molecule has 6 nitrogen and oxygen atoms in total. The van der Waals surface area contributed by atoms with E-state index in [9.17, 15) is 9.59 Å². The van der Waals surface area contributed by atoms with Gasteiger partial charge in [-0.05, 0) is 82.1 Å². The van der Waals surface area contributed by atoms with E-state index in [2.05, 4.69) is 39.8 Å². The number of nitrogens with zero attached hydrogens (tertiary/aromatic N) is 1. The van der Waals surface area contributed by atoms with Crippen LogP contribution >= 0.6 is 0 Å². The third-order valence-electron chi connectivity index (χ3n) is 5.12. The average molecular weight is 424 g/mol. The van der Waals surface area contributed by atoms with Crippen molar-refractivity contribution in [3.05, 3.63) is 65.2 Å². The first-order chi connectivity index (χ1) is 14.8. The van der Waals surface area contributed by atoms with Crippen LogP contribution in [0.3, 0.4) is 0 Å². The molecule has 31 heavy (non-hydrogen) atoms. The number of amides is 2. The molecule has 3 rings (SSSR count). The van der Waals surface area contributed by atoms with Crippen LogP contribution in [0.5, 0.6) is 0 Å². The van der Waals surface area contributed by atoms with Crippen LogP contribution in [-0.4, -0.2) is 35.6 Å². The molecule has 6 heteroatoms. The van der Waals surface area contributed by atoms with Crippen molar-refractivity contribution in [1.29, 1.82) is 0 Å². The number of rotatable bonds is 6. The van der Waals surface area contributed by atoms with Crippen LogP contribution in [0.4, 0.5) is 10.5 Å². The van der Waals surface area contributed by atoms with Gasteiger partial charge in [-0.3, -0.25) is 15.0 Å². The maximum Gasteiger partial charge on any atom is 0.412 e. The van der Waals surface area contributed by atoms with Crippen LogP contribution < -0.4 is 10.6 Å². The molecule has 0 bridgehead atoms. The molecule has 0 atom stereocenters. The summed E-state index contributed by atoms with van der Waals surface area (Å²) in [6.45, 7) is 9.26. The fourth-order valence-electron chi connectivity index (χ4n) is 3.55. The van der Waals surface area contributed by atoms with E-state index in [0.29, 0.717) is 17.8 Å². The van der Waals surface area contributed by atoms with E-state index in [1.54, 1.807) is 24.3 Å². The average Bonchev–Trinajstić information content (AvgIpc) is 2.73. The number of hydrogen-bond acceptors (Lipinski definition) is 4. The Bertz CT molecular complexity index is 864. The number of ether oxygens (including phenoxy) is 1. The molecule has 0 saturated carbocycles. The highest BCUT2D eigenvalue weighted by Crippen LogP contribution is 2.15. The van der Waals surface area contributed by atoms with E-state index in [-0.39, 0.29) is 5.91 Å². The first-order valence-corrected chi connectivity index (χ1v) is 11.0. The summed E-state index contributed by atoms with van der Waals surface area (Å²) in [5.41, 5.74) is 2.94. The highest BCUT2D eigenvalue weighted by molar-refractivity contribution is 5.95. The lowest BCUT2D eigenvalue weighted by Gasteiger charge is -2.26. The highest BCUT2D eigenvalue weighted by Gasteiger charge is 2.16. The molecular weight excluding hydrogens is 390 g/mol. The fraction of sp³-hybridized carbons (Fsp3) is 0.440. The summed E-state index contributed by atoms with van der Waals surface area (Å²) in [7, 11) is 0. The number of anilines is 1. The van der Waals surface area contributed by atoms with Crippen LogP contribution in [0.1, 0.15) is 61.5 Å². The largest absolute Gasteiger partial charge is 0.444 e. The first kappa shape index (κ1) is 22.8. The van der Waals surface area contributed by atoms with Gasteiger partial charge >= 0.3 is 6.09 Å². The van der Waals surface area contributed by atoms with Crippen LogP contribution in [0, 0.1) is 0 Å². The number of hydrogen-bond donors (Lipinski definition) is 2. The molecule has 0 aliphatic carbocycles. The molecule has 0 unspecified atom stereocenters. The zero-order chi connectivity index (χ0) is 22.3. The molecular formula is C25H33N3O3. The standard InChI is InChI=1S/C25H33N3O3/c1-25(2,3)31-24(30)27-22-13-11-21(12-14-22)23(29)26-17-19-7-9-20(10-8-19)18-28-15-5-4-6-16-28/h7-14H,4-6,15-18H2,1-3H3,(H,26,29)(H,27,30). The van der Waals surface area contributed by atoms with E-state index < -0.39 is 11.7 Å². The van der Waals surface area contributed by atoms with Gasteiger partial charge in [0, 0.05) is 24.3 Å². The van der Waals surface area contributed by atoms with Crippen molar-refractivity contribution in [2.75, 3.05) is 18.4 Å². The monoisotopic (exact) mass is 423 g/mol. The quantitative estimate of drug-likeness (QED) is 0.690. The van der Waals surface area contributed by atoms with Crippen LogP contribution in [0.2, 0.25) is 0 Å². The van der Waals surface area contributed by atoms with Gasteiger partial charge in [-0.25, -0.2) is 4.79 Å². The lowest BCUT2D eigenvalue weighted by atomic mass is 10.1. The highest BCUT2D eigenvalue weighted by atomic mass is 16.6. The van der Waals surface area contributed by atoms with Crippen LogP contribution in [0.25, 0.3) is 0 Å². The van der Waals surface area contributed by atoms with Gasteiger partial charge in [0.25, 0.3) is 5.91 Å². The molecule has 0 radical (unpaired) electrons. The van der Waals surface area contributed by atoms with Crippen LogP contribution in [-0.2, 0) is 17.8 Å². The van der Waals surface area contributed by atoms with E-state index in [4.69, 9.17) is 4.74 Å². The van der Waals surface area contributed by atoms with Gasteiger partial charge in [0.2, 0.25) is 0 Å². The lowest BCUT2D eigenvalue weighted by Crippen LogP contribution is -2.29. The normalized spacial score (nSPS) is 14.7. The van der Waals surface area contributed by atoms with Gasteiger partial charge in [-0.15, -0.1) is 0 Å². The SMILES string of the molecule is CC(C)(C)OC(=O)Nc1ccc(C(=O)NCc2ccc(CN3CCCCC3)cc2)cc1. The molecule has 2 aromatic rings. The summed E-state index contributed by atoms with van der Waals surface area (Å²) in [6, 6.07) is 15.2. The Balaban J connectivity index is 1.46. The maximum absolute atomic E-state index is 12.4. The Morgan fingerprint density at radius 3 is 2.13 bits per heavy atom. The maximum atomic E-state index is 12.4. The summed E-state index contributed by atoms with van der Waals surface area (Å²) in [6.07, 6.45) is 3.41. The molecule has 1 fully saturated rings. The Hall–Kier alpha value is -2.86. The predicted molar refractivity (Wildman–Crippen MR) is 123 cm³/mol. The minimum absolute atomic E-state index is 0.152. The lowest BCUT2D eigenvalue weighted by molar-refractivity contribution is 0.0635. The van der Waals surface area contributed by atoms with E-state index in [0.717, 1.165) is 12.1 Å². The number of nitrogens with one attached hydrogen (secondary N) is 2. The smallest absolute Gasteiger partial charge is 0.412 e. The van der Waals surface area contributed by atoms with E-state index in [1.165, 1.54) is 37.9 Å². The van der Waals surface area contributed by atoms with Gasteiger partial charge in [0.15, 0.2) is 0 Å². The number of piperidine rings is 1. The molecule has 1 saturated heterocycles. The minimum Gasteiger partial charge on any atom is -0.444 e. The van der Waals surface area contributed by atoms with Crippen molar-refractivity contribution < 1.29 is 14.3 Å². The zero-order valence-electron chi connectivity index (χ0n) is 18.7. The van der Waals surface area contributed by atoms with Gasteiger partial charge in [0.05, 0.1) is 0 Å². The molecule has 0 spiro atoms. The number of likely N-dealkylation sites (tertiary alicyclic amines) is 1. The number of benzene rings is 2. The molecule has 0 aromatic heterocycles. The zero-order valence-corrected chi connectivity index (χ0v) is 18.7. The molecule has 2 N–H and O–H groups in total. The van der Waals surface area contributed by atoms with Gasteiger partial charge in [-0.2, -0.15) is 0 Å². The number of carbonyl (C=O) groups is 2. The predicted octanol–water partition coefficient (Wildman–Crippen LogP) is 4.95. The second-order valence-corrected chi connectivity index (χ2v) is 9.04. The van der Waals surface area contributed by atoms with Crippen LogP contribution in [0.15, 0.2) is 48.5 Å². The molecule has 2 aromatic carbocycles. The van der Waals surface area contributed by atoms with E-state index >= 15 is 0 Å². The topological polar surface area (TPSA) is 70.7 Å². The van der Waals surface area contributed by atoms with Crippen molar-refractivity contribution >= 4 is 17.7 Å². The first-order valence-electron chi connectivity index (χ1n) is 11.0. The molecule has 166 valence electrons. The Morgan fingerprint density at radius 1 is 0.903 bits per heavy atom. The Labute approximate surface area is 185 Å². The van der Waals surface area contributed by atoms with Crippen molar-refractivity contribution in [3.8, 4) is 0 Å².